The number of nitrogens with one attached hydrogen (secondary N) is 1. The largest absolute Gasteiger partial charge is 0.322 e. The lowest BCUT2D eigenvalue weighted by atomic mass is 10.3. The summed E-state index contributed by atoms with van der Waals surface area (Å²) in [5.74, 6) is -0.608. The number of carbonyl (C=O) groups excluding carboxylic acids is 1. The molecule has 1 aliphatic rings. The predicted octanol–water partition coefficient (Wildman–Crippen LogP) is 2.05. The van der Waals surface area contributed by atoms with Crippen LogP contribution in [0.15, 0.2) is 18.5 Å². The number of anilines is 1. The van der Waals surface area contributed by atoms with Crippen LogP contribution < -0.4 is 5.32 Å². The number of rotatable bonds is 3. The molecule has 1 saturated carbocycles. The Bertz CT molecular complexity index is 393. The van der Waals surface area contributed by atoms with Crippen LogP contribution in [0.4, 0.5) is 10.1 Å². The van der Waals surface area contributed by atoms with Crippen molar-refractivity contribution >= 4 is 23.4 Å². The first-order valence-corrected chi connectivity index (χ1v) is 5.86. The van der Waals surface area contributed by atoms with Crippen LogP contribution in [0.3, 0.4) is 0 Å². The van der Waals surface area contributed by atoms with Gasteiger partial charge in [0.15, 0.2) is 5.82 Å². The first kappa shape index (κ1) is 10.4. The van der Waals surface area contributed by atoms with Gasteiger partial charge in [0.05, 0.1) is 16.6 Å². The Kier molecular flexibility index (Phi) is 2.65. The summed E-state index contributed by atoms with van der Waals surface area (Å²) in [4.78, 5) is 15.4. The van der Waals surface area contributed by atoms with Crippen LogP contribution in [0.5, 0.6) is 0 Å². The minimum absolute atomic E-state index is 0.111. The third kappa shape index (κ3) is 1.97. The van der Waals surface area contributed by atoms with Crippen molar-refractivity contribution in [1.29, 1.82) is 0 Å². The Balaban J connectivity index is 2.10. The highest BCUT2D eigenvalue weighted by molar-refractivity contribution is 8.01. The number of nitrogens with zero attached hydrogens (tertiary/aromatic N) is 1. The van der Waals surface area contributed by atoms with E-state index in [1.807, 2.05) is 6.26 Å². The average Bonchev–Trinajstić information content (AvgIpc) is 3.02. The second-order valence-electron chi connectivity index (χ2n) is 3.51. The van der Waals surface area contributed by atoms with Gasteiger partial charge < -0.3 is 5.32 Å². The van der Waals surface area contributed by atoms with Gasteiger partial charge in [0, 0.05) is 6.20 Å². The molecule has 0 radical (unpaired) electrons. The minimum Gasteiger partial charge on any atom is -0.322 e. The Hall–Kier alpha value is -1.10. The molecular formula is C10H11FN2OS. The zero-order valence-electron chi connectivity index (χ0n) is 8.29. The second-order valence-corrected chi connectivity index (χ2v) is 4.70. The smallest absolute Gasteiger partial charge is 0.240 e. The number of thioether (sulfide) groups is 1. The number of carbonyl (C=O) groups is 1. The fourth-order valence-electron chi connectivity index (χ4n) is 1.35. The van der Waals surface area contributed by atoms with E-state index in [-0.39, 0.29) is 16.3 Å². The summed E-state index contributed by atoms with van der Waals surface area (Å²) >= 11 is 1.52. The highest BCUT2D eigenvalue weighted by Gasteiger charge is 2.49. The molecule has 0 aromatic carbocycles. The number of aromatic nitrogens is 1. The van der Waals surface area contributed by atoms with E-state index in [9.17, 15) is 9.18 Å². The zero-order valence-corrected chi connectivity index (χ0v) is 9.10. The summed E-state index contributed by atoms with van der Waals surface area (Å²) in [5.41, 5.74) is 0.204. The Morgan fingerprint density at radius 2 is 2.40 bits per heavy atom. The molecule has 0 bridgehead atoms. The first-order valence-electron chi connectivity index (χ1n) is 4.64. The molecule has 1 amide bonds. The van der Waals surface area contributed by atoms with E-state index in [0.717, 1.165) is 19.0 Å². The van der Waals surface area contributed by atoms with Crippen molar-refractivity contribution in [2.24, 2.45) is 0 Å². The summed E-state index contributed by atoms with van der Waals surface area (Å²) in [7, 11) is 0. The van der Waals surface area contributed by atoms with Crippen molar-refractivity contribution in [2.75, 3.05) is 11.6 Å². The van der Waals surface area contributed by atoms with Gasteiger partial charge in [-0.3, -0.25) is 9.78 Å². The lowest BCUT2D eigenvalue weighted by Gasteiger charge is -2.12. The molecule has 0 unspecified atom stereocenters. The highest BCUT2D eigenvalue weighted by Crippen LogP contribution is 2.47. The zero-order chi connectivity index (χ0) is 10.9. The fourth-order valence-corrected chi connectivity index (χ4v) is 2.10. The van der Waals surface area contributed by atoms with Gasteiger partial charge in [-0.05, 0) is 25.2 Å². The lowest BCUT2D eigenvalue weighted by molar-refractivity contribution is -0.116. The number of hydrogen-bond donors (Lipinski definition) is 1. The van der Waals surface area contributed by atoms with Gasteiger partial charge >= 0.3 is 0 Å². The van der Waals surface area contributed by atoms with Crippen LogP contribution >= 0.6 is 11.8 Å². The molecule has 0 saturated heterocycles. The molecule has 1 fully saturated rings. The molecule has 0 atom stereocenters. The van der Waals surface area contributed by atoms with Crippen LogP contribution in [0.2, 0.25) is 0 Å². The van der Waals surface area contributed by atoms with Gasteiger partial charge in [0.1, 0.15) is 0 Å². The maximum atomic E-state index is 13.2. The number of amides is 1. The van der Waals surface area contributed by atoms with Crippen molar-refractivity contribution < 1.29 is 9.18 Å². The number of pyridine rings is 1. The number of halogens is 1. The molecule has 1 heterocycles. The van der Waals surface area contributed by atoms with E-state index >= 15 is 0 Å². The van der Waals surface area contributed by atoms with Gasteiger partial charge in [0.25, 0.3) is 0 Å². The van der Waals surface area contributed by atoms with Gasteiger partial charge in [-0.15, -0.1) is 11.8 Å². The number of hydrogen-bond acceptors (Lipinski definition) is 3. The van der Waals surface area contributed by atoms with Crippen molar-refractivity contribution in [3.8, 4) is 0 Å². The van der Waals surface area contributed by atoms with Crippen molar-refractivity contribution in [3.63, 3.8) is 0 Å². The van der Waals surface area contributed by atoms with E-state index < -0.39 is 5.82 Å². The molecule has 15 heavy (non-hydrogen) atoms. The average molecular weight is 226 g/mol. The van der Waals surface area contributed by atoms with E-state index in [2.05, 4.69) is 10.3 Å². The van der Waals surface area contributed by atoms with Crippen LogP contribution in [-0.4, -0.2) is 21.9 Å². The minimum atomic E-state index is -0.497. The first-order chi connectivity index (χ1) is 7.18. The molecule has 3 nitrogen and oxygen atoms in total. The highest BCUT2D eigenvalue weighted by atomic mass is 32.2. The summed E-state index contributed by atoms with van der Waals surface area (Å²) in [6, 6.07) is 1.46. The van der Waals surface area contributed by atoms with Crippen LogP contribution in [-0.2, 0) is 4.79 Å². The second kappa shape index (κ2) is 3.81. The molecule has 5 heteroatoms. The van der Waals surface area contributed by atoms with E-state index in [1.54, 1.807) is 0 Å². The van der Waals surface area contributed by atoms with Crippen LogP contribution in [0, 0.1) is 5.82 Å². The Morgan fingerprint density at radius 1 is 1.67 bits per heavy atom. The topological polar surface area (TPSA) is 42.0 Å². The quantitative estimate of drug-likeness (QED) is 0.857. The molecule has 1 aromatic rings. The predicted molar refractivity (Wildman–Crippen MR) is 58.3 cm³/mol. The van der Waals surface area contributed by atoms with E-state index in [0.29, 0.717) is 0 Å². The van der Waals surface area contributed by atoms with Gasteiger partial charge in [-0.25, -0.2) is 4.39 Å². The normalized spacial score (nSPS) is 17.2. The van der Waals surface area contributed by atoms with Crippen molar-refractivity contribution in [3.05, 3.63) is 24.3 Å². The molecular weight excluding hydrogens is 215 g/mol. The van der Waals surface area contributed by atoms with Gasteiger partial charge in [0.2, 0.25) is 5.91 Å². The van der Waals surface area contributed by atoms with Crippen LogP contribution in [0.1, 0.15) is 12.8 Å². The Morgan fingerprint density at radius 3 is 2.93 bits per heavy atom. The summed E-state index contributed by atoms with van der Waals surface area (Å²) in [6.45, 7) is 0. The maximum Gasteiger partial charge on any atom is 0.240 e. The monoisotopic (exact) mass is 226 g/mol. The van der Waals surface area contributed by atoms with E-state index in [4.69, 9.17) is 0 Å². The third-order valence-corrected chi connectivity index (χ3v) is 3.90. The lowest BCUT2D eigenvalue weighted by Crippen LogP contribution is -2.26. The third-order valence-electron chi connectivity index (χ3n) is 2.53. The SMILES string of the molecule is CSC1(C(=O)Nc2ccncc2F)CC1. The Labute approximate surface area is 91.5 Å². The summed E-state index contributed by atoms with van der Waals surface area (Å²) in [5, 5.41) is 2.59. The van der Waals surface area contributed by atoms with Gasteiger partial charge in [-0.1, -0.05) is 0 Å². The maximum absolute atomic E-state index is 13.2. The fraction of sp³-hybridized carbons (Fsp3) is 0.400. The molecule has 1 aliphatic carbocycles. The van der Waals surface area contributed by atoms with E-state index in [1.165, 1.54) is 24.0 Å². The molecule has 0 aliphatic heterocycles. The summed E-state index contributed by atoms with van der Waals surface area (Å²) < 4.78 is 12.9. The molecule has 1 N–H and O–H groups in total. The van der Waals surface area contributed by atoms with Crippen LogP contribution in [0.25, 0.3) is 0 Å². The molecule has 1 aromatic heterocycles. The van der Waals surface area contributed by atoms with Crippen molar-refractivity contribution in [1.82, 2.24) is 4.98 Å². The van der Waals surface area contributed by atoms with Gasteiger partial charge in [-0.2, -0.15) is 0 Å². The molecule has 80 valence electrons. The summed E-state index contributed by atoms with van der Waals surface area (Å²) in [6.07, 6.45) is 6.18. The molecule has 0 spiro atoms. The van der Waals surface area contributed by atoms with Crippen molar-refractivity contribution in [2.45, 2.75) is 17.6 Å². The standard InChI is InChI=1S/C10H11FN2OS/c1-15-10(3-4-10)9(14)13-8-2-5-12-6-7(8)11/h2,5-6H,3-4H2,1H3,(H,12,13,14). The molecule has 2 rings (SSSR count).